The van der Waals surface area contributed by atoms with Crippen LogP contribution in [0.2, 0.25) is 0 Å². The van der Waals surface area contributed by atoms with Gasteiger partial charge in [0, 0.05) is 18.9 Å². The molecule has 0 unspecified atom stereocenters. The molecule has 1 N–H and O–H groups in total. The Morgan fingerprint density at radius 3 is 2.67 bits per heavy atom. The first-order valence-corrected chi connectivity index (χ1v) is 5.29. The monoisotopic (exact) mass is 208 g/mol. The van der Waals surface area contributed by atoms with Crippen LogP contribution in [0.1, 0.15) is 18.4 Å². The molecule has 3 heteroatoms. The normalized spacial score (nSPS) is 17.7. The molecule has 1 aromatic carbocycles. The van der Waals surface area contributed by atoms with Crippen LogP contribution in [0, 0.1) is 6.92 Å². The maximum atomic E-state index is 9.42. The zero-order chi connectivity index (χ0) is 10.7. The highest BCUT2D eigenvalue weighted by Crippen LogP contribution is 2.24. The van der Waals surface area contributed by atoms with E-state index >= 15 is 0 Å². The molecule has 0 spiro atoms. The summed E-state index contributed by atoms with van der Waals surface area (Å²) in [7, 11) is 0. The third kappa shape index (κ3) is 2.86. The van der Waals surface area contributed by atoms with Crippen LogP contribution in [-0.2, 0) is 4.74 Å². The fraction of sp³-hybridized carbons (Fsp3) is 0.500. The predicted molar refractivity (Wildman–Crippen MR) is 57.3 cm³/mol. The van der Waals surface area contributed by atoms with Gasteiger partial charge in [0.2, 0.25) is 0 Å². The van der Waals surface area contributed by atoms with Gasteiger partial charge in [-0.05, 0) is 24.6 Å². The molecule has 1 saturated heterocycles. The Kier molecular flexibility index (Phi) is 3.11. The van der Waals surface area contributed by atoms with Crippen molar-refractivity contribution in [3.05, 3.63) is 23.8 Å². The van der Waals surface area contributed by atoms with E-state index in [0.717, 1.165) is 37.4 Å². The number of rotatable bonds is 2. The van der Waals surface area contributed by atoms with E-state index in [1.807, 2.05) is 13.0 Å². The molecule has 82 valence electrons. The molecule has 1 aliphatic rings. The van der Waals surface area contributed by atoms with E-state index in [1.54, 1.807) is 12.1 Å². The average Bonchev–Trinajstić information content (AvgIpc) is 2.17. The van der Waals surface area contributed by atoms with E-state index in [-0.39, 0.29) is 11.9 Å². The van der Waals surface area contributed by atoms with Crippen LogP contribution in [0.4, 0.5) is 0 Å². The fourth-order valence-corrected chi connectivity index (χ4v) is 1.78. The third-order valence-electron chi connectivity index (χ3n) is 2.51. The Hall–Kier alpha value is -1.22. The SMILES string of the molecule is Cc1cc(O)cc(OC2CCOCC2)c1. The van der Waals surface area contributed by atoms with Gasteiger partial charge in [-0.15, -0.1) is 0 Å². The van der Waals surface area contributed by atoms with Crippen molar-refractivity contribution in [2.45, 2.75) is 25.9 Å². The van der Waals surface area contributed by atoms with E-state index in [1.165, 1.54) is 0 Å². The molecule has 1 aliphatic heterocycles. The molecule has 0 atom stereocenters. The molecule has 15 heavy (non-hydrogen) atoms. The summed E-state index contributed by atoms with van der Waals surface area (Å²) < 4.78 is 11.0. The standard InChI is InChI=1S/C12H16O3/c1-9-6-10(13)8-12(7-9)15-11-2-4-14-5-3-11/h6-8,11,13H,2-5H2,1H3. The summed E-state index contributed by atoms with van der Waals surface area (Å²) in [6.45, 7) is 3.47. The Bertz CT molecular complexity index is 309. The van der Waals surface area contributed by atoms with Gasteiger partial charge in [-0.3, -0.25) is 0 Å². The predicted octanol–water partition coefficient (Wildman–Crippen LogP) is 2.26. The van der Waals surface area contributed by atoms with E-state index in [4.69, 9.17) is 9.47 Å². The lowest BCUT2D eigenvalue weighted by atomic mass is 10.1. The summed E-state index contributed by atoms with van der Waals surface area (Å²) in [5.74, 6) is 1.01. The molecule has 0 radical (unpaired) electrons. The molecule has 3 nitrogen and oxygen atoms in total. The number of hydrogen-bond acceptors (Lipinski definition) is 3. The zero-order valence-electron chi connectivity index (χ0n) is 8.90. The molecule has 0 aromatic heterocycles. The topological polar surface area (TPSA) is 38.7 Å². The summed E-state index contributed by atoms with van der Waals surface area (Å²) >= 11 is 0. The van der Waals surface area contributed by atoms with Gasteiger partial charge in [-0.25, -0.2) is 0 Å². The molecule has 0 bridgehead atoms. The molecule has 0 aliphatic carbocycles. The van der Waals surface area contributed by atoms with Crippen molar-refractivity contribution in [1.82, 2.24) is 0 Å². The highest BCUT2D eigenvalue weighted by Gasteiger charge is 2.15. The minimum absolute atomic E-state index is 0.222. The van der Waals surface area contributed by atoms with Crippen molar-refractivity contribution in [2.24, 2.45) is 0 Å². The second-order valence-corrected chi connectivity index (χ2v) is 3.93. The van der Waals surface area contributed by atoms with Crippen molar-refractivity contribution in [3.63, 3.8) is 0 Å². The van der Waals surface area contributed by atoms with Crippen LogP contribution in [0.3, 0.4) is 0 Å². The van der Waals surface area contributed by atoms with Crippen LogP contribution >= 0.6 is 0 Å². The zero-order valence-corrected chi connectivity index (χ0v) is 8.90. The number of aryl methyl sites for hydroxylation is 1. The highest BCUT2D eigenvalue weighted by atomic mass is 16.5. The Morgan fingerprint density at radius 1 is 1.27 bits per heavy atom. The number of aromatic hydroxyl groups is 1. The lowest BCUT2D eigenvalue weighted by molar-refractivity contribution is 0.0255. The number of phenolic OH excluding ortho intramolecular Hbond substituents is 1. The van der Waals surface area contributed by atoms with Crippen molar-refractivity contribution in [3.8, 4) is 11.5 Å². The van der Waals surface area contributed by atoms with E-state index in [2.05, 4.69) is 0 Å². The smallest absolute Gasteiger partial charge is 0.123 e. The highest BCUT2D eigenvalue weighted by molar-refractivity contribution is 5.36. The van der Waals surface area contributed by atoms with Gasteiger partial charge < -0.3 is 14.6 Å². The second kappa shape index (κ2) is 4.53. The number of phenols is 1. The van der Waals surface area contributed by atoms with Gasteiger partial charge in [0.15, 0.2) is 0 Å². The molecule has 0 saturated carbocycles. The first kappa shape index (κ1) is 10.3. The van der Waals surface area contributed by atoms with Crippen LogP contribution in [0.5, 0.6) is 11.5 Å². The summed E-state index contributed by atoms with van der Waals surface area (Å²) in [6, 6.07) is 5.31. The third-order valence-corrected chi connectivity index (χ3v) is 2.51. The fourth-order valence-electron chi connectivity index (χ4n) is 1.78. The lowest BCUT2D eigenvalue weighted by Gasteiger charge is -2.23. The van der Waals surface area contributed by atoms with E-state index in [0.29, 0.717) is 0 Å². The summed E-state index contributed by atoms with van der Waals surface area (Å²) in [5, 5.41) is 9.42. The minimum Gasteiger partial charge on any atom is -0.508 e. The van der Waals surface area contributed by atoms with Crippen LogP contribution in [0.15, 0.2) is 18.2 Å². The molecule has 1 heterocycles. The first-order chi connectivity index (χ1) is 7.24. The maximum Gasteiger partial charge on any atom is 0.123 e. The van der Waals surface area contributed by atoms with Gasteiger partial charge >= 0.3 is 0 Å². The maximum absolute atomic E-state index is 9.42. The van der Waals surface area contributed by atoms with E-state index in [9.17, 15) is 5.11 Å². The largest absolute Gasteiger partial charge is 0.508 e. The van der Waals surface area contributed by atoms with Crippen molar-refractivity contribution >= 4 is 0 Å². The number of benzene rings is 1. The lowest BCUT2D eigenvalue weighted by Crippen LogP contribution is -2.25. The van der Waals surface area contributed by atoms with Crippen molar-refractivity contribution in [1.29, 1.82) is 0 Å². The molecule has 1 aromatic rings. The number of ether oxygens (including phenoxy) is 2. The van der Waals surface area contributed by atoms with Crippen LogP contribution in [-0.4, -0.2) is 24.4 Å². The van der Waals surface area contributed by atoms with Gasteiger partial charge in [-0.1, -0.05) is 0 Å². The first-order valence-electron chi connectivity index (χ1n) is 5.29. The van der Waals surface area contributed by atoms with Crippen molar-refractivity contribution in [2.75, 3.05) is 13.2 Å². The summed E-state index contributed by atoms with van der Waals surface area (Å²) in [4.78, 5) is 0. The second-order valence-electron chi connectivity index (χ2n) is 3.93. The van der Waals surface area contributed by atoms with Crippen LogP contribution in [0.25, 0.3) is 0 Å². The Labute approximate surface area is 89.6 Å². The van der Waals surface area contributed by atoms with Crippen LogP contribution < -0.4 is 4.74 Å². The summed E-state index contributed by atoms with van der Waals surface area (Å²) in [5.41, 5.74) is 1.01. The van der Waals surface area contributed by atoms with Gasteiger partial charge in [0.05, 0.1) is 13.2 Å². The Balaban J connectivity index is 2.02. The molecule has 1 fully saturated rings. The van der Waals surface area contributed by atoms with E-state index < -0.39 is 0 Å². The van der Waals surface area contributed by atoms with Crippen molar-refractivity contribution < 1.29 is 14.6 Å². The number of hydrogen-bond donors (Lipinski definition) is 1. The Morgan fingerprint density at radius 2 is 2.00 bits per heavy atom. The molecule has 2 rings (SSSR count). The average molecular weight is 208 g/mol. The van der Waals surface area contributed by atoms with Gasteiger partial charge in [0.25, 0.3) is 0 Å². The molecule has 0 amide bonds. The molecular weight excluding hydrogens is 192 g/mol. The minimum atomic E-state index is 0.222. The molecular formula is C12H16O3. The van der Waals surface area contributed by atoms with Gasteiger partial charge in [0.1, 0.15) is 17.6 Å². The summed E-state index contributed by atoms with van der Waals surface area (Å²) in [6.07, 6.45) is 2.07. The quantitative estimate of drug-likeness (QED) is 0.810. The van der Waals surface area contributed by atoms with Gasteiger partial charge in [-0.2, -0.15) is 0 Å².